The summed E-state index contributed by atoms with van der Waals surface area (Å²) in [6.45, 7) is 0.586. The van der Waals surface area contributed by atoms with Crippen LogP contribution in [0.25, 0.3) is 5.76 Å². The van der Waals surface area contributed by atoms with Crippen LogP contribution < -0.4 is 9.64 Å². The Bertz CT molecular complexity index is 1240. The van der Waals surface area contributed by atoms with E-state index in [1.54, 1.807) is 54.9 Å². The van der Waals surface area contributed by atoms with Crippen LogP contribution >= 0.6 is 15.9 Å². The SMILES string of the molecule is O=C1C(=O)N(c2cccc(Br)c2)C(c2cccnc2)/C1=C(/O)c1ccc2c(c1)CCO2. The van der Waals surface area contributed by atoms with Crippen LogP contribution in [0.5, 0.6) is 5.75 Å². The fourth-order valence-electron chi connectivity index (χ4n) is 4.07. The van der Waals surface area contributed by atoms with Crippen molar-refractivity contribution >= 4 is 39.1 Å². The highest BCUT2D eigenvalue weighted by Gasteiger charge is 2.47. The smallest absolute Gasteiger partial charge is 0.300 e. The number of carbonyl (C=O) groups is 2. The Kier molecular flexibility index (Phi) is 4.82. The van der Waals surface area contributed by atoms with Gasteiger partial charge in [0, 0.05) is 34.5 Å². The minimum atomic E-state index is -0.799. The lowest BCUT2D eigenvalue weighted by atomic mass is 9.95. The molecule has 5 rings (SSSR count). The van der Waals surface area contributed by atoms with Crippen LogP contribution in [0.1, 0.15) is 22.7 Å². The second kappa shape index (κ2) is 7.67. The van der Waals surface area contributed by atoms with E-state index in [-0.39, 0.29) is 11.3 Å². The monoisotopic (exact) mass is 476 g/mol. The summed E-state index contributed by atoms with van der Waals surface area (Å²) >= 11 is 3.42. The summed E-state index contributed by atoms with van der Waals surface area (Å²) in [6.07, 6.45) is 3.95. The number of ether oxygens (including phenoxy) is 1. The van der Waals surface area contributed by atoms with E-state index in [4.69, 9.17) is 4.74 Å². The van der Waals surface area contributed by atoms with Crippen molar-refractivity contribution in [3.8, 4) is 5.75 Å². The topological polar surface area (TPSA) is 79.7 Å². The fraction of sp³-hybridized carbons (Fsp3) is 0.125. The van der Waals surface area contributed by atoms with E-state index in [1.165, 1.54) is 4.90 Å². The van der Waals surface area contributed by atoms with Gasteiger partial charge in [-0.1, -0.05) is 28.1 Å². The molecule has 0 spiro atoms. The summed E-state index contributed by atoms with van der Waals surface area (Å²) in [5.41, 5.74) is 2.66. The molecule has 31 heavy (non-hydrogen) atoms. The van der Waals surface area contributed by atoms with Crippen molar-refractivity contribution in [1.82, 2.24) is 4.98 Å². The van der Waals surface area contributed by atoms with Gasteiger partial charge in [0.05, 0.1) is 18.2 Å². The van der Waals surface area contributed by atoms with Gasteiger partial charge in [-0.2, -0.15) is 0 Å². The minimum absolute atomic E-state index is 0.0387. The molecule has 2 aromatic carbocycles. The van der Waals surface area contributed by atoms with Crippen LogP contribution in [0.3, 0.4) is 0 Å². The Morgan fingerprint density at radius 3 is 2.77 bits per heavy atom. The molecule has 3 aromatic rings. The Morgan fingerprint density at radius 2 is 2.00 bits per heavy atom. The third kappa shape index (κ3) is 3.31. The molecule has 1 N–H and O–H groups in total. The fourth-order valence-corrected chi connectivity index (χ4v) is 4.45. The van der Waals surface area contributed by atoms with E-state index < -0.39 is 17.7 Å². The number of hydrogen-bond donors (Lipinski definition) is 1. The molecule has 2 aliphatic heterocycles. The molecule has 2 aliphatic rings. The molecule has 154 valence electrons. The molecule has 7 heteroatoms. The van der Waals surface area contributed by atoms with E-state index >= 15 is 0 Å². The highest BCUT2D eigenvalue weighted by molar-refractivity contribution is 9.10. The number of pyridine rings is 1. The number of carbonyl (C=O) groups excluding carboxylic acids is 2. The van der Waals surface area contributed by atoms with Crippen molar-refractivity contribution in [2.45, 2.75) is 12.5 Å². The quantitative estimate of drug-likeness (QED) is 0.344. The van der Waals surface area contributed by atoms with Crippen LogP contribution in [0.4, 0.5) is 5.69 Å². The lowest BCUT2D eigenvalue weighted by molar-refractivity contribution is -0.132. The summed E-state index contributed by atoms with van der Waals surface area (Å²) in [7, 11) is 0. The standard InChI is InChI=1S/C24H17BrN2O4/c25-17-4-1-5-18(12-17)27-21(16-3-2-9-26-13-16)20(23(29)24(27)30)22(28)15-6-7-19-14(11-15)8-10-31-19/h1-7,9,11-13,21,28H,8,10H2/b22-20-. The van der Waals surface area contributed by atoms with Gasteiger partial charge in [-0.05, 0) is 53.6 Å². The summed E-state index contributed by atoms with van der Waals surface area (Å²) in [5.74, 6) is -0.865. The number of anilines is 1. The van der Waals surface area contributed by atoms with Crippen molar-refractivity contribution in [2.24, 2.45) is 0 Å². The van der Waals surface area contributed by atoms with Crippen LogP contribution in [-0.2, 0) is 16.0 Å². The van der Waals surface area contributed by atoms with Gasteiger partial charge in [0.1, 0.15) is 11.5 Å². The molecule has 0 aliphatic carbocycles. The second-order valence-corrected chi connectivity index (χ2v) is 8.27. The molecule has 0 radical (unpaired) electrons. The van der Waals surface area contributed by atoms with Crippen LogP contribution in [0.2, 0.25) is 0 Å². The molecule has 1 atom stereocenters. The van der Waals surface area contributed by atoms with Crippen molar-refractivity contribution in [1.29, 1.82) is 0 Å². The lowest BCUT2D eigenvalue weighted by Gasteiger charge is -2.25. The van der Waals surface area contributed by atoms with Gasteiger partial charge in [0.25, 0.3) is 11.7 Å². The Morgan fingerprint density at radius 1 is 1.13 bits per heavy atom. The number of nitrogens with zero attached hydrogens (tertiary/aromatic N) is 2. The van der Waals surface area contributed by atoms with Crippen molar-refractivity contribution in [3.05, 3.63) is 93.7 Å². The maximum atomic E-state index is 13.1. The van der Waals surface area contributed by atoms with Crippen molar-refractivity contribution in [2.75, 3.05) is 11.5 Å². The van der Waals surface area contributed by atoms with Crippen LogP contribution in [-0.4, -0.2) is 28.4 Å². The number of halogens is 1. The summed E-state index contributed by atoms with van der Waals surface area (Å²) in [5, 5.41) is 11.2. The van der Waals surface area contributed by atoms with Crippen molar-refractivity contribution in [3.63, 3.8) is 0 Å². The first-order valence-electron chi connectivity index (χ1n) is 9.77. The number of benzene rings is 2. The summed E-state index contributed by atoms with van der Waals surface area (Å²) in [6, 6.07) is 15.2. The molecule has 1 aromatic heterocycles. The average molecular weight is 477 g/mol. The molecule has 1 unspecified atom stereocenters. The summed E-state index contributed by atoms with van der Waals surface area (Å²) in [4.78, 5) is 31.8. The van der Waals surface area contributed by atoms with Gasteiger partial charge in [-0.3, -0.25) is 19.5 Å². The van der Waals surface area contributed by atoms with Crippen LogP contribution in [0, 0.1) is 0 Å². The predicted molar refractivity (Wildman–Crippen MR) is 119 cm³/mol. The first-order valence-corrected chi connectivity index (χ1v) is 10.6. The van der Waals surface area contributed by atoms with E-state index in [0.717, 1.165) is 22.2 Å². The molecule has 0 bridgehead atoms. The van der Waals surface area contributed by atoms with Gasteiger partial charge in [0.2, 0.25) is 0 Å². The van der Waals surface area contributed by atoms with E-state index in [1.807, 2.05) is 12.1 Å². The first-order chi connectivity index (χ1) is 15.0. The van der Waals surface area contributed by atoms with Gasteiger partial charge in [-0.25, -0.2) is 0 Å². The van der Waals surface area contributed by atoms with Gasteiger partial charge in [-0.15, -0.1) is 0 Å². The Balaban J connectivity index is 1.70. The van der Waals surface area contributed by atoms with E-state index in [0.29, 0.717) is 23.4 Å². The number of aliphatic hydroxyl groups is 1. The zero-order valence-electron chi connectivity index (χ0n) is 16.3. The first kappa shape index (κ1) is 19.5. The number of rotatable bonds is 3. The molecule has 1 saturated heterocycles. The molecule has 0 saturated carbocycles. The number of aromatic nitrogens is 1. The van der Waals surface area contributed by atoms with Crippen molar-refractivity contribution < 1.29 is 19.4 Å². The zero-order valence-corrected chi connectivity index (χ0v) is 17.9. The normalized spacial score (nSPS) is 19.4. The Hall–Kier alpha value is -3.45. The van der Waals surface area contributed by atoms with Gasteiger partial charge < -0.3 is 9.84 Å². The molecule has 6 nitrogen and oxygen atoms in total. The van der Waals surface area contributed by atoms with E-state index in [9.17, 15) is 14.7 Å². The molecular formula is C24H17BrN2O4. The van der Waals surface area contributed by atoms with E-state index in [2.05, 4.69) is 20.9 Å². The third-order valence-corrected chi connectivity index (χ3v) is 5.99. The molecule has 1 amide bonds. The largest absolute Gasteiger partial charge is 0.507 e. The number of amides is 1. The maximum absolute atomic E-state index is 13.1. The second-order valence-electron chi connectivity index (χ2n) is 7.36. The Labute approximate surface area is 186 Å². The number of fused-ring (bicyclic) bond motifs is 1. The number of Topliss-reactive ketones (excluding diaryl/α,β-unsaturated/α-hetero) is 1. The number of ketones is 1. The third-order valence-electron chi connectivity index (χ3n) is 5.49. The molecule has 3 heterocycles. The maximum Gasteiger partial charge on any atom is 0.300 e. The number of aliphatic hydroxyl groups excluding tert-OH is 1. The average Bonchev–Trinajstić information content (AvgIpc) is 3.36. The van der Waals surface area contributed by atoms with Gasteiger partial charge >= 0.3 is 0 Å². The number of hydrogen-bond acceptors (Lipinski definition) is 5. The predicted octanol–water partition coefficient (Wildman–Crippen LogP) is 4.41. The van der Waals surface area contributed by atoms with Gasteiger partial charge in [0.15, 0.2) is 0 Å². The molecule has 1 fully saturated rings. The lowest BCUT2D eigenvalue weighted by Crippen LogP contribution is -2.29. The zero-order chi connectivity index (χ0) is 21.5. The highest BCUT2D eigenvalue weighted by Crippen LogP contribution is 2.42. The molecular weight excluding hydrogens is 460 g/mol. The summed E-state index contributed by atoms with van der Waals surface area (Å²) < 4.78 is 6.31. The van der Waals surface area contributed by atoms with Crippen LogP contribution in [0.15, 0.2) is 77.0 Å². The minimum Gasteiger partial charge on any atom is -0.507 e. The highest BCUT2D eigenvalue weighted by atomic mass is 79.9.